The Hall–Kier alpha value is -2.28. The van der Waals surface area contributed by atoms with E-state index < -0.39 is 92.7 Å². The van der Waals surface area contributed by atoms with Gasteiger partial charge in [0.25, 0.3) is 0 Å². The summed E-state index contributed by atoms with van der Waals surface area (Å²) in [6.07, 6.45) is 20.3. The molecule has 11 atom stereocenters. The summed E-state index contributed by atoms with van der Waals surface area (Å²) in [5.41, 5.74) is 0. The fourth-order valence-electron chi connectivity index (χ4n) is 7.52. The number of ether oxygens (including phenoxy) is 6. The van der Waals surface area contributed by atoms with Crippen LogP contribution in [-0.4, -0.2) is 142 Å². The van der Waals surface area contributed by atoms with Crippen molar-refractivity contribution in [2.24, 2.45) is 0 Å². The van der Waals surface area contributed by atoms with Gasteiger partial charge in [-0.3, -0.25) is 9.59 Å². The lowest BCUT2D eigenvalue weighted by atomic mass is 9.98. The summed E-state index contributed by atoms with van der Waals surface area (Å²) >= 11 is 0. The lowest BCUT2D eigenvalue weighted by Gasteiger charge is -2.42. The Kier molecular flexibility index (Phi) is 33.3. The number of aliphatic hydroxyl groups is 7. The van der Waals surface area contributed by atoms with Crippen LogP contribution in [0.5, 0.6) is 0 Å². The molecule has 0 radical (unpaired) electrons. The zero-order valence-corrected chi connectivity index (χ0v) is 39.0. The average molecular weight is 915 g/mol. The standard InChI is InChI=1S/C49H86O15/c1-3-5-7-9-11-13-15-16-17-18-19-20-22-24-26-28-30-32-41(52)62-37(34-59-40(51)31-29-27-25-23-21-14-12-10-8-6-4-2)35-60-48-47(58)45(56)43(54)39(64-48)36-61-49-46(57)44(55)42(53)38(33-50)63-49/h11,13,16-17,19-20,37-39,42-50,53-58H,3-10,12,14-15,18,21-36H2,1-2H3/b13-11+,17-16+,20-19+/t37-,38+,39+,42-,43-,44?,45?,46?,47?,48+,49+/m1/s1. The maximum absolute atomic E-state index is 13.0. The molecule has 64 heavy (non-hydrogen) atoms. The highest BCUT2D eigenvalue weighted by molar-refractivity contribution is 5.70. The quantitative estimate of drug-likeness (QED) is 0.0211. The van der Waals surface area contributed by atoms with E-state index in [0.29, 0.717) is 12.8 Å². The lowest BCUT2D eigenvalue weighted by Crippen LogP contribution is -2.61. The number of aliphatic hydroxyl groups excluding tert-OH is 7. The third kappa shape index (κ3) is 25.0. The number of carbonyl (C=O) groups is 2. The predicted molar refractivity (Wildman–Crippen MR) is 243 cm³/mol. The smallest absolute Gasteiger partial charge is 0.306 e. The normalized spacial score (nSPS) is 26.9. The SMILES string of the molecule is CCCCC/C=C/C/C=C/C/C=C/CCCCCCC(=O)O[C@H](COC(=O)CCCCCCCCCCCCC)CO[C@H]1O[C@@H](CO[C@H]2O[C@@H](CO)[C@@H](O)C(O)C2O)[C@@H](O)C(O)C1O. The first-order valence-electron chi connectivity index (χ1n) is 24.6. The van der Waals surface area contributed by atoms with Gasteiger partial charge in [-0.15, -0.1) is 0 Å². The first kappa shape index (κ1) is 57.8. The second-order valence-electron chi connectivity index (χ2n) is 17.3. The molecule has 2 fully saturated rings. The van der Waals surface area contributed by atoms with Gasteiger partial charge in [0.15, 0.2) is 18.7 Å². The maximum atomic E-state index is 13.0. The zero-order chi connectivity index (χ0) is 46.8. The van der Waals surface area contributed by atoms with Gasteiger partial charge in [0.05, 0.1) is 19.8 Å². The Balaban J connectivity index is 1.84. The van der Waals surface area contributed by atoms with Crippen molar-refractivity contribution in [1.29, 1.82) is 0 Å². The Morgan fingerprint density at radius 3 is 1.50 bits per heavy atom. The number of carbonyl (C=O) groups excluding carboxylic acids is 2. The Morgan fingerprint density at radius 2 is 0.938 bits per heavy atom. The number of hydrogen-bond acceptors (Lipinski definition) is 15. The van der Waals surface area contributed by atoms with Gasteiger partial charge >= 0.3 is 11.9 Å². The summed E-state index contributed by atoms with van der Waals surface area (Å²) in [7, 11) is 0. The van der Waals surface area contributed by atoms with E-state index in [1.807, 2.05) is 0 Å². The Labute approximate surface area is 383 Å². The van der Waals surface area contributed by atoms with E-state index in [1.54, 1.807) is 0 Å². The fourth-order valence-corrected chi connectivity index (χ4v) is 7.52. The van der Waals surface area contributed by atoms with E-state index in [9.17, 15) is 45.3 Å². The van der Waals surface area contributed by atoms with Crippen LogP contribution in [0, 0.1) is 0 Å². The molecular formula is C49H86O15. The van der Waals surface area contributed by atoms with Gasteiger partial charge in [0.2, 0.25) is 0 Å². The molecule has 2 aliphatic rings. The molecule has 0 bridgehead atoms. The molecule has 0 amide bonds. The van der Waals surface area contributed by atoms with Crippen LogP contribution in [0.2, 0.25) is 0 Å². The first-order valence-corrected chi connectivity index (χ1v) is 24.6. The minimum atomic E-state index is -1.77. The molecule has 15 nitrogen and oxygen atoms in total. The largest absolute Gasteiger partial charge is 0.462 e. The van der Waals surface area contributed by atoms with Crippen molar-refractivity contribution >= 4 is 11.9 Å². The Morgan fingerprint density at radius 1 is 0.500 bits per heavy atom. The molecule has 2 rings (SSSR count). The maximum Gasteiger partial charge on any atom is 0.306 e. The van der Waals surface area contributed by atoms with Crippen molar-refractivity contribution in [2.45, 2.75) is 235 Å². The monoisotopic (exact) mass is 915 g/mol. The summed E-state index contributed by atoms with van der Waals surface area (Å²) in [5.74, 6) is -0.950. The first-order chi connectivity index (χ1) is 31.0. The van der Waals surface area contributed by atoms with Gasteiger partial charge in [-0.2, -0.15) is 0 Å². The molecule has 15 heteroatoms. The van der Waals surface area contributed by atoms with E-state index in [2.05, 4.69) is 50.3 Å². The molecule has 7 N–H and O–H groups in total. The Bertz CT molecular complexity index is 1260. The summed E-state index contributed by atoms with van der Waals surface area (Å²) in [5, 5.41) is 71.9. The number of esters is 2. The minimum Gasteiger partial charge on any atom is -0.462 e. The summed E-state index contributed by atoms with van der Waals surface area (Å²) in [6.45, 7) is 2.52. The van der Waals surface area contributed by atoms with Crippen LogP contribution in [0.25, 0.3) is 0 Å². The van der Waals surface area contributed by atoms with Crippen molar-refractivity contribution in [3.05, 3.63) is 36.5 Å². The number of rotatable bonds is 37. The van der Waals surface area contributed by atoms with E-state index in [1.165, 1.54) is 64.2 Å². The van der Waals surface area contributed by atoms with Crippen LogP contribution >= 0.6 is 0 Å². The van der Waals surface area contributed by atoms with Crippen molar-refractivity contribution in [3.63, 3.8) is 0 Å². The summed E-state index contributed by atoms with van der Waals surface area (Å²) in [4.78, 5) is 25.7. The molecule has 372 valence electrons. The molecule has 0 aromatic heterocycles. The number of hydrogen-bond donors (Lipinski definition) is 7. The van der Waals surface area contributed by atoms with Gasteiger partial charge in [-0.05, 0) is 51.4 Å². The number of unbranched alkanes of at least 4 members (excludes halogenated alkanes) is 17. The van der Waals surface area contributed by atoms with Crippen LogP contribution < -0.4 is 0 Å². The van der Waals surface area contributed by atoms with Crippen LogP contribution in [-0.2, 0) is 38.0 Å². The van der Waals surface area contributed by atoms with Crippen molar-refractivity contribution in [2.75, 3.05) is 26.4 Å². The predicted octanol–water partition coefficient (Wildman–Crippen LogP) is 6.15. The summed E-state index contributed by atoms with van der Waals surface area (Å²) < 4.78 is 33.5. The fraction of sp³-hybridized carbons (Fsp3) is 0.837. The molecule has 0 aliphatic carbocycles. The molecule has 0 aromatic rings. The lowest BCUT2D eigenvalue weighted by molar-refractivity contribution is -0.332. The topological polar surface area (TPSA) is 231 Å². The molecule has 2 saturated heterocycles. The summed E-state index contributed by atoms with van der Waals surface area (Å²) in [6, 6.07) is 0. The van der Waals surface area contributed by atoms with Gasteiger partial charge in [-0.25, -0.2) is 0 Å². The molecule has 0 saturated carbocycles. The van der Waals surface area contributed by atoms with Crippen LogP contribution in [0.1, 0.15) is 168 Å². The van der Waals surface area contributed by atoms with E-state index in [4.69, 9.17) is 28.4 Å². The third-order valence-corrected chi connectivity index (χ3v) is 11.6. The van der Waals surface area contributed by atoms with Gasteiger partial charge < -0.3 is 64.2 Å². The molecular weight excluding hydrogens is 829 g/mol. The van der Waals surface area contributed by atoms with Crippen molar-refractivity contribution in [1.82, 2.24) is 0 Å². The minimum absolute atomic E-state index is 0.141. The molecule has 2 aliphatic heterocycles. The number of allylic oxidation sites excluding steroid dienone is 6. The van der Waals surface area contributed by atoms with Crippen molar-refractivity contribution in [3.8, 4) is 0 Å². The molecule has 0 aromatic carbocycles. The molecule has 0 spiro atoms. The van der Waals surface area contributed by atoms with Crippen LogP contribution in [0.3, 0.4) is 0 Å². The van der Waals surface area contributed by atoms with E-state index in [0.717, 1.165) is 64.2 Å². The average Bonchev–Trinajstić information content (AvgIpc) is 3.29. The van der Waals surface area contributed by atoms with Crippen LogP contribution in [0.4, 0.5) is 0 Å². The van der Waals surface area contributed by atoms with E-state index in [-0.39, 0.29) is 26.1 Å². The third-order valence-electron chi connectivity index (χ3n) is 11.6. The molecule has 2 heterocycles. The highest BCUT2D eigenvalue weighted by Gasteiger charge is 2.47. The second kappa shape index (κ2) is 36.8. The second-order valence-corrected chi connectivity index (χ2v) is 17.3. The van der Waals surface area contributed by atoms with Gasteiger partial charge in [0, 0.05) is 12.8 Å². The zero-order valence-electron chi connectivity index (χ0n) is 39.0. The highest BCUT2D eigenvalue weighted by atomic mass is 16.7. The highest BCUT2D eigenvalue weighted by Crippen LogP contribution is 2.26. The van der Waals surface area contributed by atoms with Gasteiger partial charge in [-0.1, -0.05) is 140 Å². The van der Waals surface area contributed by atoms with Crippen LogP contribution in [0.15, 0.2) is 36.5 Å². The van der Waals surface area contributed by atoms with Gasteiger partial charge in [0.1, 0.15) is 55.4 Å². The van der Waals surface area contributed by atoms with Crippen molar-refractivity contribution < 1.29 is 73.8 Å². The van der Waals surface area contributed by atoms with E-state index >= 15 is 0 Å². The molecule has 4 unspecified atom stereocenters.